The number of thiol groups is 1. The molecule has 0 radical (unpaired) electrons. The van der Waals surface area contributed by atoms with Gasteiger partial charge in [-0.2, -0.15) is 5.10 Å². The number of hydrogen-bond donors (Lipinski definition) is 5. The highest BCUT2D eigenvalue weighted by Gasteiger charge is 2.10. The fourth-order valence-corrected chi connectivity index (χ4v) is 4.51. The second kappa shape index (κ2) is 14.2. The third-order valence-electron chi connectivity index (χ3n) is 5.78. The summed E-state index contributed by atoms with van der Waals surface area (Å²) >= 11 is 1.40. The standard InChI is InChI=1S/C28H30N6O4S2/c1-19(33-34-26(29)22-5-3-7-25(17-22)38-28-31-12-14-39-28)21-8-10-24(11-9-21)32-27(35)23-6-2-4-20(16-23)18-30-13-15-40(36)37/h2-12,14,16-17,19,30,33,40H,13,15,18H2,1H3,(H2,29,34)(H,32,35). The lowest BCUT2D eigenvalue weighted by Crippen LogP contribution is -2.21. The van der Waals surface area contributed by atoms with Crippen molar-refractivity contribution in [3.05, 3.63) is 107 Å². The predicted octanol–water partition coefficient (Wildman–Crippen LogP) is 3.86. The zero-order chi connectivity index (χ0) is 28.3. The van der Waals surface area contributed by atoms with Gasteiger partial charge in [-0.15, -0.1) is 0 Å². The zero-order valence-corrected chi connectivity index (χ0v) is 23.5. The highest BCUT2D eigenvalue weighted by molar-refractivity contribution is 7.72. The van der Waals surface area contributed by atoms with E-state index in [2.05, 4.69) is 26.1 Å². The van der Waals surface area contributed by atoms with Crippen LogP contribution < -0.4 is 26.5 Å². The molecular formula is C28H30N6O4S2. The fraction of sp³-hybridized carbons (Fsp3) is 0.179. The maximum atomic E-state index is 12.8. The summed E-state index contributed by atoms with van der Waals surface area (Å²) < 4.78 is 27.1. The lowest BCUT2D eigenvalue weighted by atomic mass is 10.1. The van der Waals surface area contributed by atoms with Gasteiger partial charge < -0.3 is 26.5 Å². The van der Waals surface area contributed by atoms with Gasteiger partial charge >= 0.3 is 0 Å². The highest BCUT2D eigenvalue weighted by atomic mass is 32.2. The number of nitrogens with zero attached hydrogens (tertiary/aromatic N) is 2. The molecule has 0 saturated carbocycles. The minimum Gasteiger partial charge on any atom is -0.431 e. The summed E-state index contributed by atoms with van der Waals surface area (Å²) in [5.74, 6) is 0.784. The third-order valence-corrected chi connectivity index (χ3v) is 7.02. The molecule has 5 N–H and O–H groups in total. The number of anilines is 1. The topological polar surface area (TPSA) is 148 Å². The minimum atomic E-state index is -2.40. The van der Waals surface area contributed by atoms with E-state index < -0.39 is 10.7 Å². The first-order chi connectivity index (χ1) is 19.4. The molecule has 1 heterocycles. The van der Waals surface area contributed by atoms with Crippen LogP contribution in [-0.2, 0) is 17.2 Å². The average Bonchev–Trinajstić information content (AvgIpc) is 3.47. The molecule has 3 aromatic carbocycles. The molecule has 40 heavy (non-hydrogen) atoms. The summed E-state index contributed by atoms with van der Waals surface area (Å²) in [4.78, 5) is 16.9. The molecule has 0 spiro atoms. The van der Waals surface area contributed by atoms with Crippen LogP contribution >= 0.6 is 11.3 Å². The summed E-state index contributed by atoms with van der Waals surface area (Å²) in [5, 5.41) is 12.7. The van der Waals surface area contributed by atoms with E-state index in [0.717, 1.165) is 11.1 Å². The number of amidine groups is 1. The number of ether oxygens (including phenoxy) is 1. The molecule has 1 amide bonds. The Morgan fingerprint density at radius 3 is 2.60 bits per heavy atom. The van der Waals surface area contributed by atoms with Gasteiger partial charge in [0.15, 0.2) is 5.84 Å². The maximum Gasteiger partial charge on any atom is 0.278 e. The lowest BCUT2D eigenvalue weighted by molar-refractivity contribution is 0.102. The van der Waals surface area contributed by atoms with E-state index in [1.165, 1.54) is 11.3 Å². The van der Waals surface area contributed by atoms with E-state index in [0.29, 0.717) is 46.7 Å². The van der Waals surface area contributed by atoms with Crippen LogP contribution in [0.15, 0.2) is 89.5 Å². The Kier molecular flexibility index (Phi) is 10.2. The molecule has 4 rings (SSSR count). The Hall–Kier alpha value is -4.26. The van der Waals surface area contributed by atoms with Crippen molar-refractivity contribution < 1.29 is 17.9 Å². The molecule has 0 fully saturated rings. The molecule has 1 atom stereocenters. The van der Waals surface area contributed by atoms with Crippen LogP contribution in [-0.4, -0.2) is 37.4 Å². The summed E-state index contributed by atoms with van der Waals surface area (Å²) in [5.41, 5.74) is 13.0. The summed E-state index contributed by atoms with van der Waals surface area (Å²) in [6, 6.07) is 21.8. The lowest BCUT2D eigenvalue weighted by Gasteiger charge is -2.14. The molecule has 12 heteroatoms. The molecule has 0 aliphatic rings. The van der Waals surface area contributed by atoms with Gasteiger partial charge in [0.2, 0.25) is 0 Å². The molecular weight excluding hydrogens is 548 g/mol. The van der Waals surface area contributed by atoms with E-state index in [1.807, 2.05) is 60.8 Å². The van der Waals surface area contributed by atoms with Gasteiger partial charge in [-0.1, -0.05) is 47.7 Å². The minimum absolute atomic E-state index is 0.0804. The first-order valence-corrected chi connectivity index (χ1v) is 14.7. The normalized spacial score (nSPS) is 12.2. The van der Waals surface area contributed by atoms with Crippen molar-refractivity contribution in [2.75, 3.05) is 17.6 Å². The van der Waals surface area contributed by atoms with Crippen LogP contribution in [0.3, 0.4) is 0 Å². The number of carbonyl (C=O) groups excluding carboxylic acids is 1. The zero-order valence-electron chi connectivity index (χ0n) is 21.7. The first-order valence-electron chi connectivity index (χ1n) is 12.5. The van der Waals surface area contributed by atoms with Crippen LogP contribution in [0, 0.1) is 0 Å². The number of nitrogens with one attached hydrogen (secondary N) is 3. The van der Waals surface area contributed by atoms with Crippen molar-refractivity contribution in [1.29, 1.82) is 0 Å². The predicted molar refractivity (Wildman–Crippen MR) is 159 cm³/mol. The average molecular weight is 579 g/mol. The summed E-state index contributed by atoms with van der Waals surface area (Å²) in [7, 11) is -2.40. The maximum absolute atomic E-state index is 12.8. The Labute approximate surface area is 238 Å². The van der Waals surface area contributed by atoms with Crippen molar-refractivity contribution in [1.82, 2.24) is 15.7 Å². The van der Waals surface area contributed by atoms with Gasteiger partial charge in [0.05, 0.1) is 11.8 Å². The van der Waals surface area contributed by atoms with Crippen molar-refractivity contribution in [2.24, 2.45) is 10.8 Å². The molecule has 0 bridgehead atoms. The highest BCUT2D eigenvalue weighted by Crippen LogP contribution is 2.24. The molecule has 1 aromatic heterocycles. The number of aromatic nitrogens is 1. The smallest absolute Gasteiger partial charge is 0.278 e. The van der Waals surface area contributed by atoms with Crippen LogP contribution in [0.2, 0.25) is 0 Å². The second-order valence-corrected chi connectivity index (χ2v) is 10.8. The van der Waals surface area contributed by atoms with Crippen molar-refractivity contribution in [3.63, 3.8) is 0 Å². The van der Waals surface area contributed by atoms with Crippen molar-refractivity contribution >= 4 is 39.5 Å². The van der Waals surface area contributed by atoms with Gasteiger partial charge in [-0.05, 0) is 54.4 Å². The van der Waals surface area contributed by atoms with E-state index >= 15 is 0 Å². The fourth-order valence-electron chi connectivity index (χ4n) is 3.67. The third kappa shape index (κ3) is 8.63. The van der Waals surface area contributed by atoms with Crippen molar-refractivity contribution in [3.8, 4) is 10.9 Å². The SMILES string of the molecule is CC(N/N=C(\N)c1cccc(Oc2nccs2)c1)c1ccc(NC(=O)c2cccc(CNCC[SH](=O)=O)c2)cc1. The van der Waals surface area contributed by atoms with Crippen LogP contribution in [0.4, 0.5) is 5.69 Å². The number of thiazole rings is 1. The van der Waals surface area contributed by atoms with Crippen LogP contribution in [0.25, 0.3) is 0 Å². The number of nitrogens with two attached hydrogens (primary N) is 1. The van der Waals surface area contributed by atoms with Crippen LogP contribution in [0.5, 0.6) is 10.9 Å². The molecule has 0 aliphatic carbocycles. The number of hydrogen-bond acceptors (Lipinski definition) is 9. The summed E-state index contributed by atoms with van der Waals surface area (Å²) in [6.45, 7) is 2.80. The Morgan fingerprint density at radius 2 is 1.85 bits per heavy atom. The molecule has 0 aliphatic heterocycles. The number of rotatable bonds is 13. The van der Waals surface area contributed by atoms with E-state index in [-0.39, 0.29) is 17.7 Å². The Morgan fingerprint density at radius 1 is 1.07 bits per heavy atom. The van der Waals surface area contributed by atoms with E-state index in [4.69, 9.17) is 10.5 Å². The van der Waals surface area contributed by atoms with Gasteiger partial charge in [0.1, 0.15) is 16.5 Å². The van der Waals surface area contributed by atoms with Crippen molar-refractivity contribution in [2.45, 2.75) is 19.5 Å². The van der Waals surface area contributed by atoms with Gasteiger partial charge in [-0.25, -0.2) is 13.4 Å². The first kappa shape index (κ1) is 28.7. The molecule has 10 nitrogen and oxygen atoms in total. The number of carbonyl (C=O) groups is 1. The van der Waals surface area contributed by atoms with E-state index in [9.17, 15) is 13.2 Å². The molecule has 4 aromatic rings. The van der Waals surface area contributed by atoms with Crippen LogP contribution in [0.1, 0.15) is 40.0 Å². The number of benzene rings is 3. The molecule has 208 valence electrons. The Balaban J connectivity index is 1.30. The quantitative estimate of drug-likeness (QED) is 0.0528. The second-order valence-electron chi connectivity index (χ2n) is 8.79. The largest absolute Gasteiger partial charge is 0.431 e. The molecule has 0 saturated heterocycles. The summed E-state index contributed by atoms with van der Waals surface area (Å²) in [6.07, 6.45) is 1.68. The number of hydrazone groups is 1. The number of amides is 1. The van der Waals surface area contributed by atoms with Gasteiger partial charge in [0.25, 0.3) is 11.1 Å². The molecule has 1 unspecified atom stereocenters. The van der Waals surface area contributed by atoms with Gasteiger partial charge in [0, 0.05) is 41.5 Å². The monoisotopic (exact) mass is 578 g/mol. The van der Waals surface area contributed by atoms with E-state index in [1.54, 1.807) is 30.5 Å². The van der Waals surface area contributed by atoms with Gasteiger partial charge in [-0.3, -0.25) is 4.79 Å². The Bertz CT molecular complexity index is 1510.